The second-order valence-electron chi connectivity index (χ2n) is 3.34. The molecule has 0 radical (unpaired) electrons. The van der Waals surface area contributed by atoms with Gasteiger partial charge in [0.15, 0.2) is 0 Å². The molecular weight excluding hydrogens is 190 g/mol. The summed E-state index contributed by atoms with van der Waals surface area (Å²) in [6, 6.07) is 7.33. The number of nitriles is 1. The molecule has 1 aromatic carbocycles. The summed E-state index contributed by atoms with van der Waals surface area (Å²) in [5.74, 6) is -0.367. The molecular formula is C12H13NO2. The van der Waals surface area contributed by atoms with Crippen molar-refractivity contribution >= 4 is 5.97 Å². The van der Waals surface area contributed by atoms with Crippen molar-refractivity contribution < 1.29 is 9.53 Å². The van der Waals surface area contributed by atoms with Crippen LogP contribution in [0.4, 0.5) is 0 Å². The van der Waals surface area contributed by atoms with E-state index >= 15 is 0 Å². The number of hydrogen-bond acceptors (Lipinski definition) is 3. The van der Waals surface area contributed by atoms with E-state index in [1.807, 2.05) is 26.0 Å². The lowest BCUT2D eigenvalue weighted by Gasteiger charge is -2.04. The minimum absolute atomic E-state index is 0.155. The van der Waals surface area contributed by atoms with E-state index in [0.29, 0.717) is 5.56 Å². The first-order chi connectivity index (χ1) is 7.15. The molecule has 0 N–H and O–H groups in total. The Labute approximate surface area is 89.3 Å². The first-order valence-corrected chi connectivity index (χ1v) is 4.76. The number of esters is 1. The molecule has 0 aliphatic rings. The fraction of sp³-hybridized carbons (Fsp3) is 0.333. The Hall–Kier alpha value is -1.82. The minimum atomic E-state index is -0.367. The number of aryl methyl sites for hydroxylation is 2. The maximum Gasteiger partial charge on any atom is 0.338 e. The Balaban J connectivity index is 2.67. The van der Waals surface area contributed by atoms with Crippen molar-refractivity contribution in [2.24, 2.45) is 0 Å². The highest BCUT2D eigenvalue weighted by Gasteiger charge is 2.07. The van der Waals surface area contributed by atoms with Gasteiger partial charge in [-0.25, -0.2) is 4.79 Å². The smallest absolute Gasteiger partial charge is 0.338 e. The predicted molar refractivity (Wildman–Crippen MR) is 56.4 cm³/mol. The van der Waals surface area contributed by atoms with Crippen molar-refractivity contribution in [2.45, 2.75) is 20.3 Å². The summed E-state index contributed by atoms with van der Waals surface area (Å²) >= 11 is 0. The number of carbonyl (C=O) groups excluding carboxylic acids is 1. The number of carbonyl (C=O) groups is 1. The third kappa shape index (κ3) is 3.10. The second kappa shape index (κ2) is 5.16. The molecule has 1 rings (SSSR count). The fourth-order valence-corrected chi connectivity index (χ4v) is 1.14. The fourth-order valence-electron chi connectivity index (χ4n) is 1.14. The Bertz CT molecular complexity index is 405. The van der Waals surface area contributed by atoms with Gasteiger partial charge in [0.05, 0.1) is 18.1 Å². The molecule has 0 unspecified atom stereocenters. The standard InChI is InChI=1S/C12H13NO2/c1-9-4-5-11(8-10(9)2)12(14)15-7-3-6-13/h4-5,8H,3,7H2,1-2H3. The molecule has 0 heterocycles. The topological polar surface area (TPSA) is 50.1 Å². The highest BCUT2D eigenvalue weighted by molar-refractivity contribution is 5.89. The van der Waals surface area contributed by atoms with Gasteiger partial charge in [0.2, 0.25) is 0 Å². The van der Waals surface area contributed by atoms with Gasteiger partial charge in [0, 0.05) is 0 Å². The largest absolute Gasteiger partial charge is 0.461 e. The SMILES string of the molecule is Cc1ccc(C(=O)OCCC#N)cc1C. The number of benzene rings is 1. The Kier molecular flexibility index (Phi) is 3.87. The maximum absolute atomic E-state index is 11.5. The Morgan fingerprint density at radius 3 is 2.73 bits per heavy atom. The summed E-state index contributed by atoms with van der Waals surface area (Å²) < 4.78 is 4.90. The lowest BCUT2D eigenvalue weighted by atomic mass is 10.1. The van der Waals surface area contributed by atoms with Gasteiger partial charge in [-0.2, -0.15) is 5.26 Å². The monoisotopic (exact) mass is 203 g/mol. The summed E-state index contributed by atoms with van der Waals surface area (Å²) in [5.41, 5.74) is 2.74. The molecule has 0 saturated heterocycles. The van der Waals surface area contributed by atoms with Gasteiger partial charge in [-0.15, -0.1) is 0 Å². The number of hydrogen-bond donors (Lipinski definition) is 0. The molecule has 0 amide bonds. The van der Waals surface area contributed by atoms with Crippen LogP contribution in [0, 0.1) is 25.2 Å². The van der Waals surface area contributed by atoms with Crippen LogP contribution in [0.1, 0.15) is 27.9 Å². The minimum Gasteiger partial charge on any atom is -0.461 e. The van der Waals surface area contributed by atoms with E-state index < -0.39 is 0 Å². The first-order valence-electron chi connectivity index (χ1n) is 4.76. The van der Waals surface area contributed by atoms with Crippen molar-refractivity contribution in [1.82, 2.24) is 0 Å². The van der Waals surface area contributed by atoms with Crippen LogP contribution >= 0.6 is 0 Å². The van der Waals surface area contributed by atoms with E-state index in [4.69, 9.17) is 10.00 Å². The zero-order chi connectivity index (χ0) is 11.3. The van der Waals surface area contributed by atoms with E-state index in [-0.39, 0.29) is 19.0 Å². The van der Waals surface area contributed by atoms with Crippen LogP contribution in [0.15, 0.2) is 18.2 Å². The second-order valence-corrected chi connectivity index (χ2v) is 3.34. The molecule has 0 atom stereocenters. The average molecular weight is 203 g/mol. The van der Waals surface area contributed by atoms with Crippen LogP contribution in [0.3, 0.4) is 0 Å². The van der Waals surface area contributed by atoms with Crippen LogP contribution < -0.4 is 0 Å². The summed E-state index contributed by atoms with van der Waals surface area (Å²) in [4.78, 5) is 11.5. The molecule has 0 spiro atoms. The van der Waals surface area contributed by atoms with Gasteiger partial charge < -0.3 is 4.74 Å². The molecule has 3 heteroatoms. The van der Waals surface area contributed by atoms with Crippen molar-refractivity contribution in [1.29, 1.82) is 5.26 Å². The normalized spacial score (nSPS) is 9.40. The molecule has 0 aromatic heterocycles. The molecule has 15 heavy (non-hydrogen) atoms. The predicted octanol–water partition coefficient (Wildman–Crippen LogP) is 2.37. The average Bonchev–Trinajstić information content (AvgIpc) is 2.22. The third-order valence-electron chi connectivity index (χ3n) is 2.19. The van der Waals surface area contributed by atoms with Crippen LogP contribution in [-0.2, 0) is 4.74 Å². The van der Waals surface area contributed by atoms with Gasteiger partial charge in [-0.3, -0.25) is 0 Å². The molecule has 0 bridgehead atoms. The number of nitrogens with zero attached hydrogens (tertiary/aromatic N) is 1. The lowest BCUT2D eigenvalue weighted by molar-refractivity contribution is 0.0513. The van der Waals surface area contributed by atoms with Crippen LogP contribution in [0.5, 0.6) is 0 Å². The molecule has 1 aromatic rings. The Morgan fingerprint density at radius 2 is 2.13 bits per heavy atom. The summed E-state index contributed by atoms with van der Waals surface area (Å²) in [5, 5.41) is 8.29. The summed E-state index contributed by atoms with van der Waals surface area (Å²) in [6.07, 6.45) is 0.233. The van der Waals surface area contributed by atoms with Crippen molar-refractivity contribution in [2.75, 3.05) is 6.61 Å². The lowest BCUT2D eigenvalue weighted by Crippen LogP contribution is -2.06. The first kappa shape index (κ1) is 11.3. The number of rotatable bonds is 3. The summed E-state index contributed by atoms with van der Waals surface area (Å²) in [6.45, 7) is 4.09. The van der Waals surface area contributed by atoms with E-state index in [1.165, 1.54) is 0 Å². The molecule has 0 fully saturated rings. The van der Waals surface area contributed by atoms with E-state index in [9.17, 15) is 4.79 Å². The quantitative estimate of drug-likeness (QED) is 0.559. The third-order valence-corrected chi connectivity index (χ3v) is 2.19. The van der Waals surface area contributed by atoms with Gasteiger partial charge in [0.1, 0.15) is 6.61 Å². The van der Waals surface area contributed by atoms with Crippen molar-refractivity contribution in [3.05, 3.63) is 34.9 Å². The van der Waals surface area contributed by atoms with Crippen LogP contribution in [-0.4, -0.2) is 12.6 Å². The van der Waals surface area contributed by atoms with Gasteiger partial charge in [-0.05, 0) is 37.1 Å². The highest BCUT2D eigenvalue weighted by Crippen LogP contribution is 2.10. The van der Waals surface area contributed by atoms with Gasteiger partial charge in [0.25, 0.3) is 0 Å². The van der Waals surface area contributed by atoms with E-state index in [2.05, 4.69) is 0 Å². The van der Waals surface area contributed by atoms with Crippen LogP contribution in [0.25, 0.3) is 0 Å². The van der Waals surface area contributed by atoms with E-state index in [0.717, 1.165) is 11.1 Å². The molecule has 78 valence electrons. The van der Waals surface area contributed by atoms with Crippen molar-refractivity contribution in [3.63, 3.8) is 0 Å². The molecule has 0 aliphatic carbocycles. The van der Waals surface area contributed by atoms with E-state index in [1.54, 1.807) is 12.1 Å². The highest BCUT2D eigenvalue weighted by atomic mass is 16.5. The van der Waals surface area contributed by atoms with Gasteiger partial charge in [-0.1, -0.05) is 6.07 Å². The van der Waals surface area contributed by atoms with Crippen LogP contribution in [0.2, 0.25) is 0 Å². The molecule has 0 saturated carbocycles. The summed E-state index contributed by atoms with van der Waals surface area (Å²) in [7, 11) is 0. The molecule has 0 aliphatic heterocycles. The van der Waals surface area contributed by atoms with Gasteiger partial charge >= 0.3 is 5.97 Å². The zero-order valence-corrected chi connectivity index (χ0v) is 8.91. The number of ether oxygens (including phenoxy) is 1. The van der Waals surface area contributed by atoms with Crippen molar-refractivity contribution in [3.8, 4) is 6.07 Å². The zero-order valence-electron chi connectivity index (χ0n) is 8.91. The maximum atomic E-state index is 11.5. The Morgan fingerprint density at radius 1 is 1.40 bits per heavy atom. The molecule has 3 nitrogen and oxygen atoms in total.